The topological polar surface area (TPSA) is 44.8 Å². The first-order valence-electron chi connectivity index (χ1n) is 3.18. The second kappa shape index (κ2) is 6.29. The van der Waals surface area contributed by atoms with E-state index in [1.54, 1.807) is 26.0 Å². The van der Waals surface area contributed by atoms with Crippen LogP contribution in [0.1, 0.15) is 13.8 Å². The van der Waals surface area contributed by atoms with Crippen molar-refractivity contribution in [1.82, 2.24) is 0 Å². The summed E-state index contributed by atoms with van der Waals surface area (Å²) in [7, 11) is -3.49. The van der Waals surface area contributed by atoms with E-state index in [4.69, 9.17) is 0 Å². The van der Waals surface area contributed by atoms with Gasteiger partial charge in [0.2, 0.25) is 0 Å². The van der Waals surface area contributed by atoms with Crippen LogP contribution in [0, 0.1) is 0 Å². The maximum absolute atomic E-state index is 11.3. The van der Waals surface area contributed by atoms with Crippen LogP contribution in [0.25, 0.3) is 0 Å². The van der Waals surface area contributed by atoms with E-state index < -0.39 is 7.82 Å². The Morgan fingerprint density at radius 2 is 1.58 bits per heavy atom. The van der Waals surface area contributed by atoms with Crippen molar-refractivity contribution in [3.63, 3.8) is 0 Å². The van der Waals surface area contributed by atoms with Crippen molar-refractivity contribution < 1.29 is 17.2 Å². The lowest BCUT2D eigenvalue weighted by molar-refractivity contribution is 0.267. The van der Waals surface area contributed by atoms with Gasteiger partial charge in [0.25, 0.3) is 0 Å². The Morgan fingerprint density at radius 1 is 1.17 bits per heavy atom. The summed E-state index contributed by atoms with van der Waals surface area (Å²) in [6, 6.07) is 0. The van der Waals surface area contributed by atoms with E-state index in [0.29, 0.717) is 0 Å². The van der Waals surface area contributed by atoms with Crippen LogP contribution < -0.4 is 0 Å². The quantitative estimate of drug-likeness (QED) is 0.558. The van der Waals surface area contributed by atoms with Gasteiger partial charge in [-0.2, -0.15) is 3.62 Å². The van der Waals surface area contributed by atoms with Crippen molar-refractivity contribution in [1.29, 1.82) is 0 Å². The highest BCUT2D eigenvalue weighted by Crippen LogP contribution is 2.51. The third-order valence-electron chi connectivity index (χ3n) is 0.737. The molecule has 0 aromatic carbocycles. The molecule has 0 aliphatic rings. The molecule has 0 saturated heterocycles. The summed E-state index contributed by atoms with van der Waals surface area (Å²) in [5.74, 6) is 0. The Hall–Kier alpha value is -0.250. The molecule has 6 heteroatoms. The zero-order valence-corrected chi connectivity index (χ0v) is 9.25. The normalized spacial score (nSPS) is 16.6. The standard InChI is InChI=1S/C6H10BrO4P/c1-3-5-9-12(8,11-7)10-6-4-2/h3-6H,1-2H3. The fourth-order valence-corrected chi connectivity index (χ4v) is 1.39. The molecule has 0 atom stereocenters. The second-order valence-electron chi connectivity index (χ2n) is 1.67. The third kappa shape index (κ3) is 4.59. The molecule has 0 aliphatic heterocycles. The van der Waals surface area contributed by atoms with Crippen LogP contribution in [-0.4, -0.2) is 0 Å². The van der Waals surface area contributed by atoms with E-state index in [1.807, 2.05) is 0 Å². The molecular weight excluding hydrogens is 247 g/mol. The predicted octanol–water partition coefficient (Wildman–Crippen LogP) is 3.52. The summed E-state index contributed by atoms with van der Waals surface area (Å²) < 4.78 is 25.0. The Morgan fingerprint density at radius 3 is 1.83 bits per heavy atom. The fourth-order valence-electron chi connectivity index (χ4n) is 0.328. The molecule has 0 amide bonds. The van der Waals surface area contributed by atoms with Gasteiger partial charge in [-0.05, 0) is 13.8 Å². The highest BCUT2D eigenvalue weighted by atomic mass is 79.9. The van der Waals surface area contributed by atoms with Crippen molar-refractivity contribution in [3.05, 3.63) is 24.7 Å². The van der Waals surface area contributed by atoms with Crippen LogP contribution in [0.5, 0.6) is 0 Å². The van der Waals surface area contributed by atoms with Crippen LogP contribution in [0.4, 0.5) is 0 Å². The van der Waals surface area contributed by atoms with E-state index in [9.17, 15) is 4.57 Å². The van der Waals surface area contributed by atoms with E-state index in [1.165, 1.54) is 12.5 Å². The van der Waals surface area contributed by atoms with Gasteiger partial charge in [-0.15, -0.1) is 0 Å². The number of phosphoric ester groups is 1. The maximum Gasteiger partial charge on any atom is 0.597 e. The Bertz CT molecular complexity index is 196. The van der Waals surface area contributed by atoms with Crippen LogP contribution >= 0.6 is 24.1 Å². The SMILES string of the molecule is CC=COP(=O)(OBr)OC=CC. The summed E-state index contributed by atoms with van der Waals surface area (Å²) in [5.41, 5.74) is 0. The summed E-state index contributed by atoms with van der Waals surface area (Å²) in [4.78, 5) is 0. The van der Waals surface area contributed by atoms with Crippen molar-refractivity contribution >= 4 is 24.1 Å². The van der Waals surface area contributed by atoms with Crippen LogP contribution in [0.15, 0.2) is 24.7 Å². The van der Waals surface area contributed by atoms with Gasteiger partial charge in [-0.3, -0.25) is 0 Å². The van der Waals surface area contributed by atoms with E-state index in [-0.39, 0.29) is 0 Å². The van der Waals surface area contributed by atoms with Gasteiger partial charge >= 0.3 is 7.82 Å². The third-order valence-corrected chi connectivity index (χ3v) is 2.73. The number of rotatable bonds is 5. The Balaban J connectivity index is 4.14. The molecule has 12 heavy (non-hydrogen) atoms. The molecule has 0 spiro atoms. The van der Waals surface area contributed by atoms with E-state index in [2.05, 4.69) is 28.9 Å². The van der Waals surface area contributed by atoms with Gasteiger partial charge in [-0.1, -0.05) is 12.2 Å². The van der Waals surface area contributed by atoms with Gasteiger partial charge in [0.1, 0.15) is 16.3 Å². The molecule has 0 N–H and O–H groups in total. The van der Waals surface area contributed by atoms with Gasteiger partial charge in [0.05, 0.1) is 12.5 Å². The molecule has 0 aliphatic carbocycles. The lowest BCUT2D eigenvalue weighted by Gasteiger charge is -2.09. The molecule has 70 valence electrons. The minimum Gasteiger partial charge on any atom is -0.403 e. The first-order chi connectivity index (χ1) is 5.68. The van der Waals surface area contributed by atoms with Crippen molar-refractivity contribution in [3.8, 4) is 0 Å². The number of halogens is 1. The largest absolute Gasteiger partial charge is 0.597 e. The monoisotopic (exact) mass is 256 g/mol. The van der Waals surface area contributed by atoms with Crippen LogP contribution in [-0.2, 0) is 17.2 Å². The first-order valence-corrected chi connectivity index (χ1v) is 5.29. The zero-order chi connectivity index (χ0) is 9.45. The lowest BCUT2D eigenvalue weighted by Crippen LogP contribution is -1.84. The number of hydrogen-bond donors (Lipinski definition) is 0. The van der Waals surface area contributed by atoms with Crippen LogP contribution in [0.3, 0.4) is 0 Å². The average molecular weight is 257 g/mol. The fraction of sp³-hybridized carbons (Fsp3) is 0.333. The molecule has 0 unspecified atom stereocenters. The molecule has 0 fully saturated rings. The minimum absolute atomic E-state index is 1.23. The average Bonchev–Trinajstić information content (AvgIpc) is 2.11. The molecule has 0 heterocycles. The maximum atomic E-state index is 11.3. The molecule has 0 saturated carbocycles. The van der Waals surface area contributed by atoms with Crippen molar-refractivity contribution in [2.45, 2.75) is 13.8 Å². The summed E-state index contributed by atoms with van der Waals surface area (Å²) >= 11 is 2.55. The summed E-state index contributed by atoms with van der Waals surface area (Å²) in [6.07, 6.45) is 5.59. The van der Waals surface area contributed by atoms with Gasteiger partial charge in [-0.25, -0.2) is 4.57 Å². The predicted molar refractivity (Wildman–Crippen MR) is 49.4 cm³/mol. The van der Waals surface area contributed by atoms with Gasteiger partial charge in [0, 0.05) is 0 Å². The second-order valence-corrected chi connectivity index (χ2v) is 3.99. The van der Waals surface area contributed by atoms with Gasteiger partial charge < -0.3 is 9.05 Å². The smallest absolute Gasteiger partial charge is 0.403 e. The molecule has 0 bridgehead atoms. The highest BCUT2D eigenvalue weighted by Gasteiger charge is 2.25. The lowest BCUT2D eigenvalue weighted by atomic mass is 10.8. The van der Waals surface area contributed by atoms with Gasteiger partial charge in [0.15, 0.2) is 0 Å². The molecule has 0 aromatic rings. The molecular formula is C6H10BrO4P. The number of hydrogen-bond acceptors (Lipinski definition) is 4. The number of allylic oxidation sites excluding steroid dienone is 2. The van der Waals surface area contributed by atoms with E-state index in [0.717, 1.165) is 0 Å². The highest BCUT2D eigenvalue weighted by molar-refractivity contribution is 9.06. The zero-order valence-electron chi connectivity index (χ0n) is 6.77. The number of phosphoric acid groups is 1. The summed E-state index contributed by atoms with van der Waals surface area (Å²) in [6.45, 7) is 3.43. The molecule has 4 nitrogen and oxygen atoms in total. The molecule has 0 radical (unpaired) electrons. The Kier molecular flexibility index (Phi) is 6.16. The Labute approximate surface area is 80.3 Å². The first kappa shape index (κ1) is 11.8. The van der Waals surface area contributed by atoms with Crippen LogP contribution in [0.2, 0.25) is 0 Å². The van der Waals surface area contributed by atoms with E-state index >= 15 is 0 Å². The summed E-state index contributed by atoms with van der Waals surface area (Å²) in [5, 5.41) is 0. The van der Waals surface area contributed by atoms with Crippen molar-refractivity contribution in [2.75, 3.05) is 0 Å². The minimum atomic E-state index is -3.49. The van der Waals surface area contributed by atoms with Crippen molar-refractivity contribution in [2.24, 2.45) is 0 Å². The molecule has 0 aromatic heterocycles. The molecule has 0 rings (SSSR count).